The minimum absolute atomic E-state index is 0.407. The van der Waals surface area contributed by atoms with Crippen LogP contribution in [0.25, 0.3) is 10.4 Å². The summed E-state index contributed by atoms with van der Waals surface area (Å²) in [5.41, 5.74) is 9.71. The first-order valence-electron chi connectivity index (χ1n) is 3.97. The van der Waals surface area contributed by atoms with E-state index >= 15 is 0 Å². The Kier molecular flexibility index (Phi) is 3.99. The molecule has 0 radical (unpaired) electrons. The van der Waals surface area contributed by atoms with E-state index in [1.54, 1.807) is 12.1 Å². The molecule has 1 rings (SSSR count). The number of hydrogen-bond acceptors (Lipinski definition) is 2. The molecule has 5 heteroatoms. The van der Waals surface area contributed by atoms with Gasteiger partial charge in [-0.05, 0) is 35.7 Å². The summed E-state index contributed by atoms with van der Waals surface area (Å²) >= 11 is 3.37. The molecule has 1 aromatic carbocycles. The number of halogens is 1. The number of nitrogens with zero attached hydrogens (tertiary/aromatic N) is 4. The number of hydrogen-bond donors (Lipinski definition) is 0. The van der Waals surface area contributed by atoms with Crippen LogP contribution in [0.1, 0.15) is 11.1 Å². The molecule has 0 saturated heterocycles. The molecule has 1 aromatic rings. The fourth-order valence-electron chi connectivity index (χ4n) is 1.05. The van der Waals surface area contributed by atoms with Crippen LogP contribution in [0.4, 0.5) is 0 Å². The van der Waals surface area contributed by atoms with Crippen LogP contribution in [0.15, 0.2) is 27.8 Å². The Bertz CT molecular complexity index is 415. The van der Waals surface area contributed by atoms with Gasteiger partial charge in [0.2, 0.25) is 0 Å². The summed E-state index contributed by atoms with van der Waals surface area (Å²) in [5, 5.41) is 12.1. The van der Waals surface area contributed by atoms with E-state index < -0.39 is 0 Å². The lowest BCUT2D eigenvalue weighted by molar-refractivity contribution is 0.950. The highest BCUT2D eigenvalue weighted by atomic mass is 79.9. The number of azide groups is 1. The van der Waals surface area contributed by atoms with Gasteiger partial charge < -0.3 is 0 Å². The molecular formula is C9H7BrN4. The third kappa shape index (κ3) is 2.77. The molecule has 0 bridgehead atoms. The predicted octanol–water partition coefficient (Wildman–Crippen LogP) is 3.17. The molecule has 0 atom stereocenters. The zero-order chi connectivity index (χ0) is 10.4. The van der Waals surface area contributed by atoms with Crippen molar-refractivity contribution in [2.24, 2.45) is 5.11 Å². The average Bonchev–Trinajstić information content (AvgIpc) is 2.21. The fraction of sp³-hybridized carbons (Fsp3) is 0.222. The lowest BCUT2D eigenvalue weighted by Crippen LogP contribution is -1.91. The largest absolute Gasteiger partial charge is 0.192 e. The van der Waals surface area contributed by atoms with Gasteiger partial charge in [-0.3, -0.25) is 0 Å². The summed E-state index contributed by atoms with van der Waals surface area (Å²) < 4.78 is 0.935. The molecule has 0 saturated carbocycles. The van der Waals surface area contributed by atoms with Gasteiger partial charge in [0.25, 0.3) is 0 Å². The molecule has 0 aliphatic rings. The first kappa shape index (κ1) is 10.6. The van der Waals surface area contributed by atoms with Crippen molar-refractivity contribution in [1.82, 2.24) is 0 Å². The topological polar surface area (TPSA) is 72.5 Å². The molecule has 0 N–H and O–H groups in total. The van der Waals surface area contributed by atoms with E-state index in [1.165, 1.54) is 0 Å². The Morgan fingerprint density at radius 1 is 1.57 bits per heavy atom. The van der Waals surface area contributed by atoms with Crippen molar-refractivity contribution in [3.8, 4) is 6.07 Å². The molecule has 0 fully saturated rings. The summed E-state index contributed by atoms with van der Waals surface area (Å²) in [7, 11) is 0. The van der Waals surface area contributed by atoms with Crippen LogP contribution in [-0.4, -0.2) is 6.54 Å². The van der Waals surface area contributed by atoms with Crippen LogP contribution in [0.5, 0.6) is 0 Å². The Morgan fingerprint density at radius 3 is 3.00 bits per heavy atom. The van der Waals surface area contributed by atoms with Crippen LogP contribution in [0.2, 0.25) is 0 Å². The molecule has 0 spiro atoms. The van der Waals surface area contributed by atoms with Gasteiger partial charge in [0, 0.05) is 15.9 Å². The Hall–Kier alpha value is -1.50. The fourth-order valence-corrected chi connectivity index (χ4v) is 1.50. The highest BCUT2D eigenvalue weighted by Crippen LogP contribution is 2.18. The average molecular weight is 251 g/mol. The van der Waals surface area contributed by atoms with Gasteiger partial charge in [0.1, 0.15) is 0 Å². The van der Waals surface area contributed by atoms with Gasteiger partial charge >= 0.3 is 0 Å². The van der Waals surface area contributed by atoms with Gasteiger partial charge in [-0.15, -0.1) is 0 Å². The predicted molar refractivity (Wildman–Crippen MR) is 56.6 cm³/mol. The zero-order valence-corrected chi connectivity index (χ0v) is 8.90. The zero-order valence-electron chi connectivity index (χ0n) is 7.31. The van der Waals surface area contributed by atoms with Gasteiger partial charge in [0.05, 0.1) is 11.6 Å². The quantitative estimate of drug-likeness (QED) is 0.462. The molecule has 4 nitrogen and oxygen atoms in total. The molecule has 0 amide bonds. The molecular weight excluding hydrogens is 244 g/mol. The van der Waals surface area contributed by atoms with Crippen molar-refractivity contribution in [2.45, 2.75) is 6.42 Å². The Labute approximate surface area is 89.9 Å². The van der Waals surface area contributed by atoms with E-state index in [4.69, 9.17) is 10.8 Å². The highest BCUT2D eigenvalue weighted by molar-refractivity contribution is 9.10. The second-order valence-electron chi connectivity index (χ2n) is 2.62. The lowest BCUT2D eigenvalue weighted by Gasteiger charge is -2.01. The molecule has 0 aromatic heterocycles. The smallest absolute Gasteiger partial charge is 0.0991 e. The van der Waals surface area contributed by atoms with E-state index in [0.29, 0.717) is 18.5 Å². The van der Waals surface area contributed by atoms with Crippen LogP contribution in [-0.2, 0) is 6.42 Å². The van der Waals surface area contributed by atoms with Crippen molar-refractivity contribution < 1.29 is 0 Å². The van der Waals surface area contributed by atoms with Crippen molar-refractivity contribution in [2.75, 3.05) is 6.54 Å². The molecule has 14 heavy (non-hydrogen) atoms. The third-order valence-corrected chi connectivity index (χ3v) is 2.49. The van der Waals surface area contributed by atoms with Crippen molar-refractivity contribution in [3.63, 3.8) is 0 Å². The molecule has 0 aliphatic heterocycles. The summed E-state index contributed by atoms with van der Waals surface area (Å²) in [5.74, 6) is 0. The molecule has 0 aliphatic carbocycles. The van der Waals surface area contributed by atoms with Gasteiger partial charge in [0.15, 0.2) is 0 Å². The van der Waals surface area contributed by atoms with E-state index in [1.807, 2.05) is 6.07 Å². The van der Waals surface area contributed by atoms with Gasteiger partial charge in [-0.2, -0.15) is 5.26 Å². The monoisotopic (exact) mass is 250 g/mol. The lowest BCUT2D eigenvalue weighted by atomic mass is 10.1. The number of benzene rings is 1. The van der Waals surface area contributed by atoms with Gasteiger partial charge in [-0.1, -0.05) is 21.0 Å². The summed E-state index contributed by atoms with van der Waals surface area (Å²) in [6.07, 6.45) is 0.639. The second kappa shape index (κ2) is 5.28. The van der Waals surface area contributed by atoms with Crippen LogP contribution < -0.4 is 0 Å². The Balaban J connectivity index is 2.84. The summed E-state index contributed by atoms with van der Waals surface area (Å²) in [6, 6.07) is 7.41. The first-order valence-corrected chi connectivity index (χ1v) is 4.76. The normalized spacial score (nSPS) is 8.86. The maximum Gasteiger partial charge on any atom is 0.0991 e. The van der Waals surface area contributed by atoms with E-state index in [9.17, 15) is 0 Å². The van der Waals surface area contributed by atoms with E-state index in [-0.39, 0.29) is 0 Å². The minimum Gasteiger partial charge on any atom is -0.192 e. The van der Waals surface area contributed by atoms with Crippen LogP contribution in [0.3, 0.4) is 0 Å². The van der Waals surface area contributed by atoms with Crippen molar-refractivity contribution in [3.05, 3.63) is 44.2 Å². The van der Waals surface area contributed by atoms with E-state index in [2.05, 4.69) is 32.0 Å². The SMILES string of the molecule is N#Cc1ccc(Br)c(CCN=[N+]=[N-])c1. The Morgan fingerprint density at radius 2 is 2.36 bits per heavy atom. The summed E-state index contributed by atoms with van der Waals surface area (Å²) in [6.45, 7) is 0.407. The highest BCUT2D eigenvalue weighted by Gasteiger charge is 2.00. The third-order valence-electron chi connectivity index (χ3n) is 1.72. The van der Waals surface area contributed by atoms with Crippen molar-refractivity contribution >= 4 is 15.9 Å². The minimum atomic E-state index is 0.407. The second-order valence-corrected chi connectivity index (χ2v) is 3.48. The standard InChI is InChI=1S/C9H7BrN4/c10-9-2-1-7(6-11)5-8(9)3-4-13-14-12/h1-2,5H,3-4H2. The van der Waals surface area contributed by atoms with E-state index in [0.717, 1.165) is 10.0 Å². The maximum atomic E-state index is 8.68. The molecule has 0 unspecified atom stereocenters. The molecule has 70 valence electrons. The number of nitriles is 1. The van der Waals surface area contributed by atoms with Crippen LogP contribution >= 0.6 is 15.9 Å². The van der Waals surface area contributed by atoms with Crippen molar-refractivity contribution in [1.29, 1.82) is 5.26 Å². The first-order chi connectivity index (χ1) is 6.77. The summed E-state index contributed by atoms with van der Waals surface area (Å²) in [4.78, 5) is 2.67. The number of rotatable bonds is 3. The van der Waals surface area contributed by atoms with Crippen LogP contribution in [0, 0.1) is 11.3 Å². The molecule has 0 heterocycles. The maximum absolute atomic E-state index is 8.68. The van der Waals surface area contributed by atoms with Gasteiger partial charge in [-0.25, -0.2) is 0 Å².